The molecule has 0 N–H and O–H groups in total. The van der Waals surface area contributed by atoms with Gasteiger partial charge in [0.25, 0.3) is 0 Å². The van der Waals surface area contributed by atoms with E-state index in [0.29, 0.717) is 0 Å². The molecule has 1 nitrogen and oxygen atoms in total. The standard InChI is InChI=1S/2C4H9.C2H5O.Ga/c2*1-4(2)3;1-2-3;/h2*4H,1H2,2-3H3;2H2,1H3;/q;;-1;+1. The second-order valence-electron chi connectivity index (χ2n) is 4.34. The Balaban J connectivity index is 3.69. The van der Waals surface area contributed by atoms with Crippen LogP contribution >= 0.6 is 0 Å². The Labute approximate surface area is 83.3 Å². The summed E-state index contributed by atoms with van der Waals surface area (Å²) in [4.78, 5) is 2.78. The zero-order valence-corrected chi connectivity index (χ0v) is 11.7. The van der Waals surface area contributed by atoms with Crippen LogP contribution in [0.15, 0.2) is 0 Å². The molecule has 12 heavy (non-hydrogen) atoms. The molecule has 0 aliphatic heterocycles. The van der Waals surface area contributed by atoms with Crippen molar-refractivity contribution in [2.24, 2.45) is 11.8 Å². The number of hydrogen-bond donors (Lipinski definition) is 0. The van der Waals surface area contributed by atoms with Crippen LogP contribution in [0, 0.1) is 11.8 Å². The summed E-state index contributed by atoms with van der Waals surface area (Å²) in [5, 5.41) is 0. The van der Waals surface area contributed by atoms with Gasteiger partial charge in [-0.05, 0) is 0 Å². The molecule has 0 aromatic rings. The molecule has 0 aliphatic rings. The van der Waals surface area contributed by atoms with Crippen LogP contribution in [0.3, 0.4) is 0 Å². The van der Waals surface area contributed by atoms with E-state index in [2.05, 4.69) is 34.6 Å². The third-order valence-corrected chi connectivity index (χ3v) is 9.72. The van der Waals surface area contributed by atoms with Gasteiger partial charge in [-0.25, -0.2) is 0 Å². The Bertz CT molecular complexity index is 92.0. The molecule has 0 spiro atoms. The maximum absolute atomic E-state index is 5.85. The predicted octanol–water partition coefficient (Wildman–Crippen LogP) is 3.33. The van der Waals surface area contributed by atoms with E-state index in [9.17, 15) is 0 Å². The molecule has 0 amide bonds. The van der Waals surface area contributed by atoms with Gasteiger partial charge in [0.2, 0.25) is 0 Å². The van der Waals surface area contributed by atoms with E-state index in [-0.39, 0.29) is 0 Å². The molecule has 0 saturated heterocycles. The molecule has 0 heterocycles. The average molecular weight is 229 g/mol. The first-order chi connectivity index (χ1) is 5.56. The van der Waals surface area contributed by atoms with Crippen LogP contribution < -0.4 is 0 Å². The van der Waals surface area contributed by atoms with Crippen molar-refractivity contribution < 1.29 is 3.53 Å². The Morgan fingerprint density at radius 2 is 1.42 bits per heavy atom. The molecule has 2 heteroatoms. The molecule has 0 fully saturated rings. The molecule has 0 bridgehead atoms. The van der Waals surface area contributed by atoms with Gasteiger partial charge >= 0.3 is 83.1 Å². The fourth-order valence-corrected chi connectivity index (χ4v) is 7.90. The van der Waals surface area contributed by atoms with E-state index in [1.54, 1.807) is 0 Å². The van der Waals surface area contributed by atoms with Crippen molar-refractivity contribution in [1.29, 1.82) is 0 Å². The quantitative estimate of drug-likeness (QED) is 0.634. The summed E-state index contributed by atoms with van der Waals surface area (Å²) >= 11 is -1.32. The van der Waals surface area contributed by atoms with E-state index >= 15 is 0 Å². The Morgan fingerprint density at radius 3 is 1.67 bits per heavy atom. The molecule has 72 valence electrons. The molecule has 0 rings (SSSR count). The van der Waals surface area contributed by atoms with Crippen molar-refractivity contribution in [3.63, 3.8) is 0 Å². The van der Waals surface area contributed by atoms with Gasteiger partial charge < -0.3 is 0 Å². The molecule has 0 atom stereocenters. The fourth-order valence-electron chi connectivity index (χ4n) is 1.52. The predicted molar refractivity (Wildman–Crippen MR) is 56.7 cm³/mol. The van der Waals surface area contributed by atoms with Crippen molar-refractivity contribution >= 4 is 16.6 Å². The van der Waals surface area contributed by atoms with E-state index in [1.165, 1.54) is 9.95 Å². The van der Waals surface area contributed by atoms with Gasteiger partial charge in [0.05, 0.1) is 0 Å². The first-order valence-electron chi connectivity index (χ1n) is 5.17. The summed E-state index contributed by atoms with van der Waals surface area (Å²) in [6, 6.07) is 0. The molecule has 0 saturated carbocycles. The SMILES string of the molecule is CC[O][Ga]([CH2]C(C)C)[CH2]C(C)C. The van der Waals surface area contributed by atoms with Crippen molar-refractivity contribution in [3.05, 3.63) is 0 Å². The summed E-state index contributed by atoms with van der Waals surface area (Å²) in [6.07, 6.45) is 0. The molecule has 0 aromatic carbocycles. The van der Waals surface area contributed by atoms with E-state index in [0.717, 1.165) is 18.4 Å². The fraction of sp³-hybridized carbons (Fsp3) is 1.00. The van der Waals surface area contributed by atoms with Crippen molar-refractivity contribution in [2.45, 2.75) is 44.6 Å². The van der Waals surface area contributed by atoms with Gasteiger partial charge in [0.1, 0.15) is 0 Å². The molecular weight excluding hydrogens is 206 g/mol. The second-order valence-corrected chi connectivity index (χ2v) is 9.62. The third-order valence-electron chi connectivity index (χ3n) is 1.87. The molecule has 0 aliphatic carbocycles. The van der Waals surface area contributed by atoms with Crippen LogP contribution in [-0.2, 0) is 3.53 Å². The van der Waals surface area contributed by atoms with E-state index in [4.69, 9.17) is 3.53 Å². The molecule has 0 unspecified atom stereocenters. The van der Waals surface area contributed by atoms with Gasteiger partial charge in [-0.2, -0.15) is 0 Å². The van der Waals surface area contributed by atoms with Crippen LogP contribution in [-0.4, -0.2) is 23.2 Å². The zero-order valence-electron chi connectivity index (χ0n) is 9.26. The van der Waals surface area contributed by atoms with E-state index in [1.807, 2.05) is 0 Å². The minimum atomic E-state index is -1.32. The van der Waals surface area contributed by atoms with Crippen LogP contribution in [0.25, 0.3) is 0 Å². The van der Waals surface area contributed by atoms with Crippen molar-refractivity contribution in [3.8, 4) is 0 Å². The summed E-state index contributed by atoms with van der Waals surface area (Å²) in [7, 11) is 0. The van der Waals surface area contributed by atoms with Crippen LogP contribution in [0.5, 0.6) is 0 Å². The van der Waals surface area contributed by atoms with Crippen LogP contribution in [0.2, 0.25) is 9.95 Å². The Kier molecular flexibility index (Phi) is 7.39. The normalized spacial score (nSPS) is 11.2. The Morgan fingerprint density at radius 1 is 1.00 bits per heavy atom. The van der Waals surface area contributed by atoms with Crippen LogP contribution in [0.1, 0.15) is 34.6 Å². The average Bonchev–Trinajstić information content (AvgIpc) is 1.84. The first kappa shape index (κ1) is 12.6. The second kappa shape index (κ2) is 7.04. The van der Waals surface area contributed by atoms with Crippen LogP contribution in [0.4, 0.5) is 0 Å². The first-order valence-corrected chi connectivity index (χ1v) is 9.59. The summed E-state index contributed by atoms with van der Waals surface area (Å²) in [6.45, 7) is 12.3. The van der Waals surface area contributed by atoms with E-state index < -0.39 is 16.6 Å². The maximum atomic E-state index is 5.85. The zero-order chi connectivity index (χ0) is 9.56. The molecule has 0 radical (unpaired) electrons. The van der Waals surface area contributed by atoms with Crippen molar-refractivity contribution in [2.75, 3.05) is 6.61 Å². The van der Waals surface area contributed by atoms with Gasteiger partial charge in [0.15, 0.2) is 0 Å². The summed E-state index contributed by atoms with van der Waals surface area (Å²) in [5.74, 6) is 1.67. The van der Waals surface area contributed by atoms with Gasteiger partial charge in [-0.15, -0.1) is 0 Å². The summed E-state index contributed by atoms with van der Waals surface area (Å²) < 4.78 is 5.85. The Hall–Kier alpha value is 0.596. The molecular formula is C10H23GaO. The van der Waals surface area contributed by atoms with Gasteiger partial charge in [-0.3, -0.25) is 0 Å². The third kappa shape index (κ3) is 7.26. The molecule has 0 aromatic heterocycles. The topological polar surface area (TPSA) is 9.23 Å². The van der Waals surface area contributed by atoms with Crippen molar-refractivity contribution in [1.82, 2.24) is 0 Å². The minimum absolute atomic E-state index is 0.834. The van der Waals surface area contributed by atoms with Gasteiger partial charge in [-0.1, -0.05) is 0 Å². The van der Waals surface area contributed by atoms with Gasteiger partial charge in [0, 0.05) is 0 Å². The summed E-state index contributed by atoms with van der Waals surface area (Å²) in [5.41, 5.74) is 0. The monoisotopic (exact) mass is 228 g/mol. The number of rotatable bonds is 6. The number of hydrogen-bond acceptors (Lipinski definition) is 1.